The second-order valence-corrected chi connectivity index (χ2v) is 9.20. The van der Waals surface area contributed by atoms with Crippen LogP contribution >= 0.6 is 11.3 Å². The second-order valence-electron chi connectivity index (χ2n) is 5.86. The summed E-state index contributed by atoms with van der Waals surface area (Å²) >= 11 is 1.42. The fourth-order valence-corrected chi connectivity index (χ4v) is 5.31. The summed E-state index contributed by atoms with van der Waals surface area (Å²) in [6.45, 7) is 4.10. The summed E-state index contributed by atoms with van der Waals surface area (Å²) in [6, 6.07) is 4.42. The largest absolute Gasteiger partial charge is 0.314 e. The molecule has 1 aliphatic heterocycles. The molecule has 0 aromatic carbocycles. The predicted molar refractivity (Wildman–Crippen MR) is 86.2 cm³/mol. The van der Waals surface area contributed by atoms with Crippen molar-refractivity contribution >= 4 is 21.4 Å². The first kappa shape index (κ1) is 15.2. The minimum absolute atomic E-state index is 0.483. The van der Waals surface area contributed by atoms with Crippen molar-refractivity contribution < 1.29 is 8.42 Å². The topological polar surface area (TPSA) is 49.4 Å². The lowest BCUT2D eigenvalue weighted by Crippen LogP contribution is -2.34. The van der Waals surface area contributed by atoms with Crippen LogP contribution in [-0.4, -0.2) is 38.4 Å². The maximum Gasteiger partial charge on any atom is 0.252 e. The summed E-state index contributed by atoms with van der Waals surface area (Å²) in [5.41, 5.74) is 1.28. The van der Waals surface area contributed by atoms with Gasteiger partial charge in [0.15, 0.2) is 0 Å². The van der Waals surface area contributed by atoms with E-state index >= 15 is 0 Å². The quantitative estimate of drug-likeness (QED) is 0.817. The van der Waals surface area contributed by atoms with Crippen LogP contribution in [0.3, 0.4) is 0 Å². The summed E-state index contributed by atoms with van der Waals surface area (Å²) < 4.78 is 27.2. The molecule has 0 atom stereocenters. The maximum atomic E-state index is 12.6. The van der Waals surface area contributed by atoms with Gasteiger partial charge in [0.25, 0.3) is 10.0 Å². The molecule has 0 bridgehead atoms. The lowest BCUT2D eigenvalue weighted by atomic mass is 10.1. The molecule has 6 heteroatoms. The van der Waals surface area contributed by atoms with Crippen molar-refractivity contribution in [1.82, 2.24) is 9.62 Å². The summed E-state index contributed by atoms with van der Waals surface area (Å²) in [5.74, 6) is 0. The molecule has 0 spiro atoms. The van der Waals surface area contributed by atoms with Gasteiger partial charge in [0.05, 0.1) is 0 Å². The van der Waals surface area contributed by atoms with Gasteiger partial charge in [0.1, 0.15) is 4.21 Å². The van der Waals surface area contributed by atoms with E-state index in [0.29, 0.717) is 23.3 Å². The third-order valence-corrected chi connectivity index (χ3v) is 7.49. The third-order valence-electron chi connectivity index (χ3n) is 4.01. The van der Waals surface area contributed by atoms with Crippen molar-refractivity contribution in [3.63, 3.8) is 0 Å². The van der Waals surface area contributed by atoms with E-state index in [-0.39, 0.29) is 0 Å². The van der Waals surface area contributed by atoms with Gasteiger partial charge in [0.2, 0.25) is 0 Å². The second kappa shape index (κ2) is 6.20. The molecule has 1 fully saturated rings. The first-order valence-electron chi connectivity index (χ1n) is 7.53. The highest BCUT2D eigenvalue weighted by molar-refractivity contribution is 7.91. The van der Waals surface area contributed by atoms with Crippen LogP contribution in [0.5, 0.6) is 0 Å². The molecule has 4 nitrogen and oxygen atoms in total. The van der Waals surface area contributed by atoms with Gasteiger partial charge >= 0.3 is 0 Å². The Morgan fingerprint density at radius 2 is 2.19 bits per heavy atom. The van der Waals surface area contributed by atoms with E-state index in [1.165, 1.54) is 29.8 Å². The molecule has 1 saturated carbocycles. The van der Waals surface area contributed by atoms with Crippen LogP contribution < -0.4 is 5.32 Å². The zero-order valence-corrected chi connectivity index (χ0v) is 14.0. The van der Waals surface area contributed by atoms with E-state index in [1.54, 1.807) is 10.4 Å². The molecular weight excluding hydrogens is 304 g/mol. The van der Waals surface area contributed by atoms with Crippen LogP contribution in [0.25, 0.3) is 0 Å². The van der Waals surface area contributed by atoms with Gasteiger partial charge < -0.3 is 5.32 Å². The Labute approximate surface area is 130 Å². The molecule has 1 aromatic rings. The standard InChI is InChI=1S/C15H22N2O2S2/c1-12-7-10-17(11-8-12)21(18,19)15-5-4-14(20-15)6-9-16-13-2-3-13/h4-5,7,13,16H,2-3,6,8-11H2,1H3. The van der Waals surface area contributed by atoms with Crippen molar-refractivity contribution in [2.24, 2.45) is 0 Å². The molecule has 2 heterocycles. The number of nitrogens with one attached hydrogen (secondary N) is 1. The van der Waals surface area contributed by atoms with Gasteiger partial charge in [-0.1, -0.05) is 11.6 Å². The van der Waals surface area contributed by atoms with E-state index in [4.69, 9.17) is 0 Å². The Hall–Kier alpha value is -0.690. The Morgan fingerprint density at radius 1 is 1.38 bits per heavy atom. The monoisotopic (exact) mass is 326 g/mol. The van der Waals surface area contributed by atoms with Crippen molar-refractivity contribution in [3.05, 3.63) is 28.7 Å². The Kier molecular flexibility index (Phi) is 4.49. The molecule has 1 aliphatic carbocycles. The van der Waals surface area contributed by atoms with Crippen molar-refractivity contribution in [2.45, 2.75) is 42.9 Å². The molecule has 0 unspecified atom stereocenters. The summed E-state index contributed by atoms with van der Waals surface area (Å²) in [7, 11) is -3.31. The van der Waals surface area contributed by atoms with Crippen LogP contribution in [0.4, 0.5) is 0 Å². The summed E-state index contributed by atoms with van der Waals surface area (Å²) in [4.78, 5) is 1.14. The van der Waals surface area contributed by atoms with Gasteiger partial charge in [-0.25, -0.2) is 8.42 Å². The number of rotatable bonds is 6. The van der Waals surface area contributed by atoms with Gasteiger partial charge in [-0.3, -0.25) is 0 Å². The van der Waals surface area contributed by atoms with Crippen LogP contribution in [0, 0.1) is 0 Å². The lowest BCUT2D eigenvalue weighted by molar-refractivity contribution is 0.433. The van der Waals surface area contributed by atoms with Gasteiger partial charge in [-0.15, -0.1) is 11.3 Å². The highest BCUT2D eigenvalue weighted by Crippen LogP contribution is 2.27. The SMILES string of the molecule is CC1=CCN(S(=O)(=O)c2ccc(CCNC3CC3)s2)CC1. The minimum Gasteiger partial charge on any atom is -0.314 e. The van der Waals surface area contributed by atoms with Crippen LogP contribution in [0.1, 0.15) is 31.1 Å². The predicted octanol–water partition coefficient (Wildman–Crippen LogP) is 2.38. The van der Waals surface area contributed by atoms with Crippen molar-refractivity contribution in [1.29, 1.82) is 0 Å². The smallest absolute Gasteiger partial charge is 0.252 e. The number of hydrogen-bond acceptors (Lipinski definition) is 4. The number of nitrogens with zero attached hydrogens (tertiary/aromatic N) is 1. The maximum absolute atomic E-state index is 12.6. The molecule has 1 N–H and O–H groups in total. The third kappa shape index (κ3) is 3.74. The fourth-order valence-electron chi connectivity index (χ4n) is 2.42. The highest BCUT2D eigenvalue weighted by atomic mass is 32.2. The number of sulfonamides is 1. The molecule has 0 saturated heterocycles. The Balaban J connectivity index is 1.63. The Morgan fingerprint density at radius 3 is 2.86 bits per heavy atom. The van der Waals surface area contributed by atoms with E-state index < -0.39 is 10.0 Å². The molecular formula is C15H22N2O2S2. The van der Waals surface area contributed by atoms with Crippen molar-refractivity contribution in [2.75, 3.05) is 19.6 Å². The van der Waals surface area contributed by atoms with Gasteiger partial charge in [0, 0.05) is 30.6 Å². The number of thiophene rings is 1. The lowest BCUT2D eigenvalue weighted by Gasteiger charge is -2.23. The zero-order valence-electron chi connectivity index (χ0n) is 12.3. The minimum atomic E-state index is -3.31. The highest BCUT2D eigenvalue weighted by Gasteiger charge is 2.27. The van der Waals surface area contributed by atoms with E-state index in [9.17, 15) is 8.42 Å². The first-order chi connectivity index (χ1) is 10.1. The molecule has 0 radical (unpaired) electrons. The van der Waals surface area contributed by atoms with Gasteiger partial charge in [-0.2, -0.15) is 4.31 Å². The van der Waals surface area contributed by atoms with Crippen LogP contribution in [0.2, 0.25) is 0 Å². The van der Waals surface area contributed by atoms with E-state index in [1.807, 2.05) is 12.1 Å². The van der Waals surface area contributed by atoms with Gasteiger partial charge in [-0.05, 0) is 44.7 Å². The average Bonchev–Trinajstić information content (AvgIpc) is 3.15. The summed E-state index contributed by atoms with van der Waals surface area (Å²) in [6.07, 6.45) is 6.32. The van der Waals surface area contributed by atoms with Crippen LogP contribution in [0.15, 0.2) is 28.0 Å². The normalized spacial score (nSPS) is 20.5. The average molecular weight is 326 g/mol. The Bertz CT molecular complexity index is 630. The summed E-state index contributed by atoms with van der Waals surface area (Å²) in [5, 5.41) is 3.46. The molecule has 21 heavy (non-hydrogen) atoms. The number of hydrogen-bond donors (Lipinski definition) is 1. The molecule has 3 rings (SSSR count). The molecule has 2 aliphatic rings. The first-order valence-corrected chi connectivity index (χ1v) is 9.79. The van der Waals surface area contributed by atoms with Crippen LogP contribution in [-0.2, 0) is 16.4 Å². The molecule has 1 aromatic heterocycles. The van der Waals surface area contributed by atoms with E-state index in [2.05, 4.69) is 12.2 Å². The van der Waals surface area contributed by atoms with E-state index in [0.717, 1.165) is 24.3 Å². The van der Waals surface area contributed by atoms with Crippen molar-refractivity contribution in [3.8, 4) is 0 Å². The molecule has 0 amide bonds. The zero-order chi connectivity index (χ0) is 14.9. The fraction of sp³-hybridized carbons (Fsp3) is 0.600. The molecule has 116 valence electrons.